The number of pyridine rings is 1. The number of fused-ring (bicyclic) bond motifs is 1. The Labute approximate surface area is 110 Å². The van der Waals surface area contributed by atoms with Crippen molar-refractivity contribution in [2.45, 2.75) is 6.42 Å². The van der Waals surface area contributed by atoms with E-state index in [-0.39, 0.29) is 5.75 Å². The van der Waals surface area contributed by atoms with Gasteiger partial charge in [0.05, 0.1) is 5.02 Å². The van der Waals surface area contributed by atoms with Gasteiger partial charge in [0.25, 0.3) is 0 Å². The van der Waals surface area contributed by atoms with E-state index >= 15 is 0 Å². The molecule has 0 aliphatic carbocycles. The summed E-state index contributed by atoms with van der Waals surface area (Å²) in [5, 5.41) is 11.4. The molecule has 88 valence electrons. The Morgan fingerprint density at radius 1 is 1.41 bits per heavy atom. The van der Waals surface area contributed by atoms with Gasteiger partial charge < -0.3 is 5.11 Å². The Morgan fingerprint density at radius 2 is 2.24 bits per heavy atom. The highest BCUT2D eigenvalue weighted by atomic mass is 35.5. The number of halogens is 2. The monoisotopic (exact) mass is 267 g/mol. The van der Waals surface area contributed by atoms with Crippen molar-refractivity contribution in [1.29, 1.82) is 0 Å². The van der Waals surface area contributed by atoms with Crippen LogP contribution in [0.5, 0.6) is 5.75 Å². The number of nitrogens with zero attached hydrogens (tertiary/aromatic N) is 1. The molecule has 2 nitrogen and oxygen atoms in total. The Kier molecular flexibility index (Phi) is 3.87. The van der Waals surface area contributed by atoms with Gasteiger partial charge in [0.15, 0.2) is 0 Å². The van der Waals surface area contributed by atoms with Crippen molar-refractivity contribution in [2.24, 2.45) is 0 Å². The van der Waals surface area contributed by atoms with E-state index < -0.39 is 0 Å². The van der Waals surface area contributed by atoms with E-state index in [1.807, 2.05) is 12.1 Å². The van der Waals surface area contributed by atoms with Gasteiger partial charge in [-0.05, 0) is 24.6 Å². The third kappa shape index (κ3) is 2.54. The number of aromatic hydroxyl groups is 1. The van der Waals surface area contributed by atoms with Gasteiger partial charge >= 0.3 is 0 Å². The first-order valence-corrected chi connectivity index (χ1v) is 6.14. The lowest BCUT2D eigenvalue weighted by molar-refractivity contribution is 0.479. The van der Waals surface area contributed by atoms with E-state index in [0.29, 0.717) is 22.0 Å². The van der Waals surface area contributed by atoms with Crippen LogP contribution in [0.2, 0.25) is 5.02 Å². The summed E-state index contributed by atoms with van der Waals surface area (Å²) < 4.78 is 0. The molecule has 0 saturated carbocycles. The van der Waals surface area contributed by atoms with Crippen molar-refractivity contribution in [1.82, 2.24) is 4.98 Å². The van der Waals surface area contributed by atoms with Gasteiger partial charge in [-0.15, -0.1) is 11.6 Å². The molecule has 4 heteroatoms. The zero-order chi connectivity index (χ0) is 12.3. The number of hydrogen-bond donors (Lipinski definition) is 1. The fourth-order valence-corrected chi connectivity index (χ4v) is 2.00. The van der Waals surface area contributed by atoms with Crippen LogP contribution >= 0.6 is 23.2 Å². The first kappa shape index (κ1) is 12.2. The first-order chi connectivity index (χ1) is 8.24. The predicted octanol–water partition coefficient (Wildman–Crippen LogP) is 4.24. The lowest BCUT2D eigenvalue weighted by atomic mass is 10.1. The molecule has 1 N–H and O–H groups in total. The molecule has 2 rings (SSSR count). The smallest absolute Gasteiger partial charge is 0.149 e. The van der Waals surface area contributed by atoms with E-state index in [2.05, 4.69) is 4.98 Å². The molecule has 0 spiro atoms. The summed E-state index contributed by atoms with van der Waals surface area (Å²) in [5.41, 5.74) is 1.18. The molecule has 0 bridgehead atoms. The van der Waals surface area contributed by atoms with Gasteiger partial charge in [0.1, 0.15) is 11.3 Å². The summed E-state index contributed by atoms with van der Waals surface area (Å²) in [7, 11) is 0. The van der Waals surface area contributed by atoms with Crippen LogP contribution in [-0.2, 0) is 0 Å². The summed E-state index contributed by atoms with van der Waals surface area (Å²) in [6.45, 7) is 0. The molecular weight excluding hydrogens is 257 g/mol. The van der Waals surface area contributed by atoms with Crippen molar-refractivity contribution < 1.29 is 5.11 Å². The van der Waals surface area contributed by atoms with E-state index in [0.717, 1.165) is 11.8 Å². The number of phenols is 1. The Bertz CT molecular complexity index is 567. The molecule has 2 aromatic rings. The second-order valence-corrected chi connectivity index (χ2v) is 4.36. The molecule has 0 aliphatic heterocycles. The van der Waals surface area contributed by atoms with Gasteiger partial charge in [-0.25, -0.2) is 0 Å². The van der Waals surface area contributed by atoms with Crippen LogP contribution in [0.3, 0.4) is 0 Å². The van der Waals surface area contributed by atoms with E-state index in [1.54, 1.807) is 24.4 Å². The molecule has 0 saturated heterocycles. The second-order valence-electron chi connectivity index (χ2n) is 3.58. The lowest BCUT2D eigenvalue weighted by Gasteiger charge is -2.05. The highest BCUT2D eigenvalue weighted by Crippen LogP contribution is 2.33. The van der Waals surface area contributed by atoms with Crippen LogP contribution in [0.1, 0.15) is 12.0 Å². The largest absolute Gasteiger partial charge is 0.505 e. The van der Waals surface area contributed by atoms with Crippen molar-refractivity contribution in [3.05, 3.63) is 41.1 Å². The molecule has 0 aliphatic rings. The topological polar surface area (TPSA) is 33.1 Å². The zero-order valence-corrected chi connectivity index (χ0v) is 10.5. The van der Waals surface area contributed by atoms with Crippen LogP contribution in [-0.4, -0.2) is 16.0 Å². The number of phenolic OH excluding ortho intramolecular Hbond substituents is 1. The zero-order valence-electron chi connectivity index (χ0n) is 9.03. The molecule has 1 heterocycles. The lowest BCUT2D eigenvalue weighted by Crippen LogP contribution is -1.84. The van der Waals surface area contributed by atoms with E-state index in [1.165, 1.54) is 0 Å². The Balaban J connectivity index is 2.55. The van der Waals surface area contributed by atoms with Crippen LogP contribution in [0.4, 0.5) is 0 Å². The number of benzene rings is 1. The van der Waals surface area contributed by atoms with Gasteiger partial charge in [-0.3, -0.25) is 4.98 Å². The van der Waals surface area contributed by atoms with Gasteiger partial charge in [0, 0.05) is 23.0 Å². The molecule has 0 radical (unpaired) electrons. The van der Waals surface area contributed by atoms with E-state index in [4.69, 9.17) is 23.2 Å². The molecule has 1 aromatic heterocycles. The SMILES string of the molecule is Oc1c(C=CCCCl)cc(Cl)c2cccnc12. The molecule has 0 unspecified atom stereocenters. The minimum absolute atomic E-state index is 0.149. The highest BCUT2D eigenvalue weighted by molar-refractivity contribution is 6.35. The highest BCUT2D eigenvalue weighted by Gasteiger charge is 2.08. The quantitative estimate of drug-likeness (QED) is 0.845. The van der Waals surface area contributed by atoms with Gasteiger partial charge in [-0.1, -0.05) is 23.8 Å². The third-order valence-corrected chi connectivity index (χ3v) is 2.95. The number of allylic oxidation sites excluding steroid dienone is 1. The number of aromatic nitrogens is 1. The minimum Gasteiger partial charge on any atom is -0.505 e. The summed E-state index contributed by atoms with van der Waals surface area (Å²) in [4.78, 5) is 4.14. The fraction of sp³-hybridized carbons (Fsp3) is 0.154. The predicted molar refractivity (Wildman–Crippen MR) is 72.8 cm³/mol. The average Bonchev–Trinajstić information content (AvgIpc) is 2.36. The summed E-state index contributed by atoms with van der Waals surface area (Å²) >= 11 is 11.7. The van der Waals surface area contributed by atoms with Gasteiger partial charge in [0.2, 0.25) is 0 Å². The van der Waals surface area contributed by atoms with E-state index in [9.17, 15) is 5.11 Å². The second kappa shape index (κ2) is 5.39. The molecule has 1 aromatic carbocycles. The Hall–Kier alpha value is -1.25. The standard InChI is InChI=1S/C13H11Cl2NO/c14-6-2-1-4-9-8-11(15)10-5-3-7-16-12(10)13(9)17/h1,3-5,7-8,17H,2,6H2. The van der Waals surface area contributed by atoms with Crippen molar-refractivity contribution in [3.8, 4) is 5.75 Å². The number of alkyl halides is 1. The molecule has 17 heavy (non-hydrogen) atoms. The van der Waals surface area contributed by atoms with Crippen LogP contribution in [0.25, 0.3) is 17.0 Å². The summed E-state index contributed by atoms with van der Waals surface area (Å²) in [6.07, 6.45) is 6.08. The van der Waals surface area contributed by atoms with Crippen molar-refractivity contribution in [3.63, 3.8) is 0 Å². The van der Waals surface area contributed by atoms with Crippen LogP contribution < -0.4 is 0 Å². The third-order valence-electron chi connectivity index (χ3n) is 2.42. The molecule has 0 atom stereocenters. The Morgan fingerprint density at radius 3 is 3.00 bits per heavy atom. The fourth-order valence-electron chi connectivity index (χ4n) is 1.61. The summed E-state index contributed by atoms with van der Waals surface area (Å²) in [6, 6.07) is 5.35. The van der Waals surface area contributed by atoms with Crippen LogP contribution in [0, 0.1) is 0 Å². The van der Waals surface area contributed by atoms with Crippen LogP contribution in [0.15, 0.2) is 30.5 Å². The first-order valence-electron chi connectivity index (χ1n) is 5.22. The minimum atomic E-state index is 0.149. The maximum absolute atomic E-state index is 10.1. The number of hydrogen-bond acceptors (Lipinski definition) is 2. The normalized spacial score (nSPS) is 11.4. The van der Waals surface area contributed by atoms with Gasteiger partial charge in [-0.2, -0.15) is 0 Å². The maximum Gasteiger partial charge on any atom is 0.149 e. The number of rotatable bonds is 3. The average molecular weight is 268 g/mol. The van der Waals surface area contributed by atoms with Crippen molar-refractivity contribution in [2.75, 3.05) is 5.88 Å². The molecular formula is C13H11Cl2NO. The molecule has 0 amide bonds. The maximum atomic E-state index is 10.1. The molecule has 0 fully saturated rings. The summed E-state index contributed by atoms with van der Waals surface area (Å²) in [5.74, 6) is 0.701. The van der Waals surface area contributed by atoms with Crippen molar-refractivity contribution >= 4 is 40.2 Å².